The average Bonchev–Trinajstić information content (AvgIpc) is 2.25. The molecular formula is C11H13ClN2OS. The summed E-state index contributed by atoms with van der Waals surface area (Å²) in [5.74, 6) is 0.669. The van der Waals surface area contributed by atoms with Crippen molar-refractivity contribution in [1.82, 2.24) is 0 Å². The Labute approximate surface area is 103 Å². The summed E-state index contributed by atoms with van der Waals surface area (Å²) in [6, 6.07) is 7.23. The van der Waals surface area contributed by atoms with E-state index in [0.29, 0.717) is 22.9 Å². The highest BCUT2D eigenvalue weighted by Crippen LogP contribution is 2.19. The number of benzene rings is 1. The van der Waals surface area contributed by atoms with E-state index in [4.69, 9.17) is 16.9 Å². The van der Waals surface area contributed by atoms with Gasteiger partial charge in [-0.25, -0.2) is 0 Å². The molecule has 5 heteroatoms. The Morgan fingerprint density at radius 3 is 2.94 bits per heavy atom. The Kier molecular flexibility index (Phi) is 5.30. The van der Waals surface area contributed by atoms with Gasteiger partial charge in [0.1, 0.15) is 6.07 Å². The lowest BCUT2D eigenvalue weighted by molar-refractivity contribution is 0.685. The monoisotopic (exact) mass is 256 g/mol. The molecule has 0 bridgehead atoms. The first-order valence-electron chi connectivity index (χ1n) is 4.87. The minimum Gasteiger partial charge on any atom is -0.384 e. The van der Waals surface area contributed by atoms with Crippen molar-refractivity contribution >= 4 is 28.1 Å². The number of nitrogens with zero attached hydrogens (tertiary/aromatic N) is 1. The van der Waals surface area contributed by atoms with Gasteiger partial charge >= 0.3 is 0 Å². The van der Waals surface area contributed by atoms with Gasteiger partial charge in [-0.3, -0.25) is 4.21 Å². The van der Waals surface area contributed by atoms with E-state index in [2.05, 4.69) is 11.4 Å². The van der Waals surface area contributed by atoms with E-state index < -0.39 is 10.8 Å². The maximum absolute atomic E-state index is 10.8. The first-order valence-corrected chi connectivity index (χ1v) is 6.97. The number of rotatable bonds is 5. The van der Waals surface area contributed by atoms with Gasteiger partial charge in [0.15, 0.2) is 0 Å². The molecule has 0 aromatic heterocycles. The summed E-state index contributed by atoms with van der Waals surface area (Å²) >= 11 is 5.78. The zero-order chi connectivity index (χ0) is 12.0. The van der Waals surface area contributed by atoms with E-state index in [0.717, 1.165) is 12.1 Å². The van der Waals surface area contributed by atoms with Crippen LogP contribution in [-0.2, 0) is 10.8 Å². The molecule has 86 valence electrons. The van der Waals surface area contributed by atoms with Crippen molar-refractivity contribution in [3.05, 3.63) is 28.8 Å². The minimum atomic E-state index is -0.760. The van der Waals surface area contributed by atoms with Crippen LogP contribution in [0.5, 0.6) is 0 Å². The molecule has 16 heavy (non-hydrogen) atoms. The van der Waals surface area contributed by atoms with E-state index in [1.165, 1.54) is 0 Å². The van der Waals surface area contributed by atoms with E-state index in [-0.39, 0.29) is 0 Å². The number of hydrogen-bond donors (Lipinski definition) is 1. The highest BCUT2D eigenvalue weighted by Gasteiger charge is 2.02. The highest BCUT2D eigenvalue weighted by molar-refractivity contribution is 7.84. The van der Waals surface area contributed by atoms with Gasteiger partial charge in [0, 0.05) is 34.4 Å². The van der Waals surface area contributed by atoms with Gasteiger partial charge in [-0.2, -0.15) is 5.26 Å². The second kappa shape index (κ2) is 6.51. The van der Waals surface area contributed by atoms with Crippen LogP contribution in [0.4, 0.5) is 5.69 Å². The molecule has 0 heterocycles. The summed E-state index contributed by atoms with van der Waals surface area (Å²) < 4.78 is 10.8. The molecule has 1 rings (SSSR count). The third-order valence-electron chi connectivity index (χ3n) is 2.03. The molecule has 0 aliphatic heterocycles. The molecule has 0 saturated heterocycles. The predicted molar refractivity (Wildman–Crippen MR) is 68.2 cm³/mol. The smallest absolute Gasteiger partial charge is 0.101 e. The molecule has 1 aromatic carbocycles. The molecule has 1 unspecified atom stereocenters. The first kappa shape index (κ1) is 13.0. The fraction of sp³-hybridized carbons (Fsp3) is 0.364. The standard InChI is InChI=1S/C11H13ClN2OS/c1-16(15)6-2-5-14-11-4-3-10(12)7-9(11)8-13/h3-4,7,14H,2,5-6H2,1H3. The molecule has 0 aliphatic rings. The highest BCUT2D eigenvalue weighted by atomic mass is 35.5. The number of nitrogens with one attached hydrogen (secondary N) is 1. The third kappa shape index (κ3) is 4.21. The quantitative estimate of drug-likeness (QED) is 0.823. The van der Waals surface area contributed by atoms with Crippen LogP contribution in [0.3, 0.4) is 0 Å². The summed E-state index contributed by atoms with van der Waals surface area (Å²) in [5.41, 5.74) is 1.30. The normalized spacial score (nSPS) is 11.8. The van der Waals surface area contributed by atoms with E-state index in [9.17, 15) is 4.21 Å². The second-order valence-corrected chi connectivity index (χ2v) is 5.35. The molecule has 1 atom stereocenters. The maximum atomic E-state index is 10.8. The Bertz CT molecular complexity index is 428. The fourth-order valence-corrected chi connectivity index (χ4v) is 1.98. The zero-order valence-electron chi connectivity index (χ0n) is 9.00. The minimum absolute atomic E-state index is 0.533. The summed E-state index contributed by atoms with van der Waals surface area (Å²) in [5, 5.41) is 12.6. The van der Waals surface area contributed by atoms with Crippen molar-refractivity contribution < 1.29 is 4.21 Å². The van der Waals surface area contributed by atoms with Crippen LogP contribution in [0.25, 0.3) is 0 Å². The Morgan fingerprint density at radius 1 is 1.56 bits per heavy atom. The van der Waals surface area contributed by atoms with Crippen LogP contribution in [0, 0.1) is 11.3 Å². The van der Waals surface area contributed by atoms with Crippen LogP contribution in [-0.4, -0.2) is 22.8 Å². The number of anilines is 1. The Hall–Kier alpha value is -1.05. The van der Waals surface area contributed by atoms with Crippen LogP contribution in [0.15, 0.2) is 18.2 Å². The topological polar surface area (TPSA) is 52.9 Å². The summed E-state index contributed by atoms with van der Waals surface area (Å²) in [7, 11) is -0.760. The summed E-state index contributed by atoms with van der Waals surface area (Å²) in [4.78, 5) is 0. The summed E-state index contributed by atoms with van der Waals surface area (Å²) in [6.07, 6.45) is 2.50. The van der Waals surface area contributed by atoms with Crippen LogP contribution in [0.1, 0.15) is 12.0 Å². The number of halogens is 1. The van der Waals surface area contributed by atoms with Gasteiger partial charge < -0.3 is 5.32 Å². The van der Waals surface area contributed by atoms with E-state index in [1.54, 1.807) is 24.5 Å². The van der Waals surface area contributed by atoms with E-state index >= 15 is 0 Å². The zero-order valence-corrected chi connectivity index (χ0v) is 10.6. The lowest BCUT2D eigenvalue weighted by Crippen LogP contribution is -2.07. The molecule has 3 nitrogen and oxygen atoms in total. The SMILES string of the molecule is CS(=O)CCCNc1ccc(Cl)cc1C#N. The predicted octanol–water partition coefficient (Wildman–Crippen LogP) is 2.39. The molecule has 0 amide bonds. The van der Waals surface area contributed by atoms with Gasteiger partial charge in [-0.05, 0) is 24.6 Å². The molecule has 0 spiro atoms. The molecule has 0 radical (unpaired) electrons. The fourth-order valence-electron chi connectivity index (χ4n) is 1.26. The van der Waals surface area contributed by atoms with Gasteiger partial charge in [0.05, 0.1) is 11.3 Å². The summed E-state index contributed by atoms with van der Waals surface area (Å²) in [6.45, 7) is 0.704. The van der Waals surface area contributed by atoms with Crippen molar-refractivity contribution in [2.75, 3.05) is 23.9 Å². The van der Waals surface area contributed by atoms with Crippen LogP contribution < -0.4 is 5.32 Å². The number of nitriles is 1. The van der Waals surface area contributed by atoms with Crippen molar-refractivity contribution in [2.24, 2.45) is 0 Å². The molecule has 1 aromatic rings. The Morgan fingerprint density at radius 2 is 2.31 bits per heavy atom. The molecular weight excluding hydrogens is 244 g/mol. The largest absolute Gasteiger partial charge is 0.384 e. The molecule has 0 fully saturated rings. The van der Waals surface area contributed by atoms with Crippen LogP contribution >= 0.6 is 11.6 Å². The lowest BCUT2D eigenvalue weighted by Gasteiger charge is -2.07. The van der Waals surface area contributed by atoms with E-state index in [1.807, 2.05) is 0 Å². The first-order chi connectivity index (χ1) is 7.63. The van der Waals surface area contributed by atoms with Gasteiger partial charge in [0.2, 0.25) is 0 Å². The van der Waals surface area contributed by atoms with Crippen LogP contribution in [0.2, 0.25) is 5.02 Å². The third-order valence-corrected chi connectivity index (χ3v) is 3.12. The van der Waals surface area contributed by atoms with Gasteiger partial charge in [-0.15, -0.1) is 0 Å². The molecule has 0 saturated carbocycles. The number of hydrogen-bond acceptors (Lipinski definition) is 3. The average molecular weight is 257 g/mol. The molecule has 0 aliphatic carbocycles. The second-order valence-electron chi connectivity index (χ2n) is 3.36. The van der Waals surface area contributed by atoms with Crippen molar-refractivity contribution in [3.8, 4) is 6.07 Å². The van der Waals surface area contributed by atoms with Crippen molar-refractivity contribution in [2.45, 2.75) is 6.42 Å². The van der Waals surface area contributed by atoms with Gasteiger partial charge in [0.25, 0.3) is 0 Å². The van der Waals surface area contributed by atoms with Crippen molar-refractivity contribution in [3.63, 3.8) is 0 Å². The maximum Gasteiger partial charge on any atom is 0.101 e. The van der Waals surface area contributed by atoms with Crippen molar-refractivity contribution in [1.29, 1.82) is 5.26 Å². The Balaban J connectivity index is 2.54. The molecule has 1 N–H and O–H groups in total. The van der Waals surface area contributed by atoms with Gasteiger partial charge in [-0.1, -0.05) is 11.6 Å². The lowest BCUT2D eigenvalue weighted by atomic mass is 10.2.